The molecule has 0 aliphatic heterocycles. The van der Waals surface area contributed by atoms with Crippen molar-refractivity contribution in [2.24, 2.45) is 0 Å². The fourth-order valence-corrected chi connectivity index (χ4v) is 3.09. The van der Waals surface area contributed by atoms with Crippen LogP contribution >= 0.6 is 0 Å². The van der Waals surface area contributed by atoms with Crippen molar-refractivity contribution in [2.75, 3.05) is 0 Å². The van der Waals surface area contributed by atoms with Crippen LogP contribution in [0.5, 0.6) is 11.5 Å². The van der Waals surface area contributed by atoms with Crippen molar-refractivity contribution < 1.29 is 9.47 Å². The van der Waals surface area contributed by atoms with Crippen LogP contribution in [0.2, 0.25) is 0 Å². The first-order chi connectivity index (χ1) is 13.3. The zero-order chi connectivity index (χ0) is 18.5. The van der Waals surface area contributed by atoms with Crippen LogP contribution in [0, 0.1) is 6.92 Å². The molecule has 4 aromatic carbocycles. The van der Waals surface area contributed by atoms with Crippen LogP contribution in [0.15, 0.2) is 91.0 Å². The van der Waals surface area contributed by atoms with Crippen LogP contribution in [-0.2, 0) is 13.2 Å². The normalized spacial score (nSPS) is 10.7. The third-order valence-electron chi connectivity index (χ3n) is 4.59. The number of aryl methyl sites for hydroxylation is 1. The molecule has 0 bridgehead atoms. The molecule has 134 valence electrons. The van der Waals surface area contributed by atoms with Gasteiger partial charge in [-0.05, 0) is 58.7 Å². The van der Waals surface area contributed by atoms with Gasteiger partial charge in [-0.15, -0.1) is 0 Å². The van der Waals surface area contributed by atoms with E-state index in [1.165, 1.54) is 11.1 Å². The highest BCUT2D eigenvalue weighted by Crippen LogP contribution is 2.29. The van der Waals surface area contributed by atoms with Gasteiger partial charge < -0.3 is 9.47 Å². The van der Waals surface area contributed by atoms with E-state index in [0.717, 1.165) is 27.8 Å². The molecule has 0 N–H and O–H groups in total. The van der Waals surface area contributed by atoms with E-state index in [2.05, 4.69) is 55.5 Å². The summed E-state index contributed by atoms with van der Waals surface area (Å²) in [5, 5.41) is 2.31. The van der Waals surface area contributed by atoms with Gasteiger partial charge >= 0.3 is 0 Å². The molecule has 0 radical (unpaired) electrons. The summed E-state index contributed by atoms with van der Waals surface area (Å²) < 4.78 is 12.0. The summed E-state index contributed by atoms with van der Waals surface area (Å²) in [6, 6.07) is 30.9. The second kappa shape index (κ2) is 7.96. The molecule has 0 fully saturated rings. The smallest absolute Gasteiger partial charge is 0.123 e. The number of ether oxygens (including phenoxy) is 2. The van der Waals surface area contributed by atoms with Crippen molar-refractivity contribution in [3.63, 3.8) is 0 Å². The summed E-state index contributed by atoms with van der Waals surface area (Å²) in [6.07, 6.45) is 0. The Labute approximate surface area is 160 Å². The molecule has 0 aliphatic rings. The highest BCUT2D eigenvalue weighted by Gasteiger charge is 2.05. The number of benzene rings is 4. The largest absolute Gasteiger partial charge is 0.489 e. The minimum absolute atomic E-state index is 0.573. The molecule has 0 heterocycles. The van der Waals surface area contributed by atoms with Crippen molar-refractivity contribution in [3.05, 3.63) is 108 Å². The number of fused-ring (bicyclic) bond motifs is 1. The molecule has 2 nitrogen and oxygen atoms in total. The quantitative estimate of drug-likeness (QED) is 0.404. The summed E-state index contributed by atoms with van der Waals surface area (Å²) >= 11 is 0. The molecular weight excluding hydrogens is 332 g/mol. The van der Waals surface area contributed by atoms with Gasteiger partial charge in [0.25, 0.3) is 0 Å². The molecule has 4 aromatic rings. The molecule has 0 unspecified atom stereocenters. The molecule has 0 atom stereocenters. The van der Waals surface area contributed by atoms with Crippen LogP contribution in [-0.4, -0.2) is 0 Å². The van der Waals surface area contributed by atoms with E-state index in [4.69, 9.17) is 9.47 Å². The van der Waals surface area contributed by atoms with Crippen molar-refractivity contribution >= 4 is 10.8 Å². The molecule has 0 aromatic heterocycles. The minimum Gasteiger partial charge on any atom is -0.489 e. The first-order valence-corrected chi connectivity index (χ1v) is 9.16. The Morgan fingerprint density at radius 3 is 1.89 bits per heavy atom. The number of hydrogen-bond acceptors (Lipinski definition) is 2. The van der Waals surface area contributed by atoms with Crippen LogP contribution in [0.3, 0.4) is 0 Å². The maximum absolute atomic E-state index is 6.04. The summed E-state index contributed by atoms with van der Waals surface area (Å²) in [5.41, 5.74) is 3.46. The molecule has 0 saturated heterocycles. The van der Waals surface area contributed by atoms with E-state index in [-0.39, 0.29) is 0 Å². The Bertz CT molecular complexity index is 1020. The van der Waals surface area contributed by atoms with Gasteiger partial charge in [-0.25, -0.2) is 0 Å². The Morgan fingerprint density at radius 1 is 0.593 bits per heavy atom. The summed E-state index contributed by atoms with van der Waals surface area (Å²) in [5.74, 6) is 1.80. The highest BCUT2D eigenvalue weighted by molar-refractivity contribution is 5.86. The van der Waals surface area contributed by atoms with Gasteiger partial charge in [0.05, 0.1) is 0 Å². The first kappa shape index (κ1) is 17.2. The fourth-order valence-electron chi connectivity index (χ4n) is 3.09. The minimum atomic E-state index is 0.573. The van der Waals surface area contributed by atoms with E-state index >= 15 is 0 Å². The van der Waals surface area contributed by atoms with Crippen LogP contribution in [0.4, 0.5) is 0 Å². The van der Waals surface area contributed by atoms with E-state index in [1.807, 2.05) is 42.5 Å². The first-order valence-electron chi connectivity index (χ1n) is 9.16. The topological polar surface area (TPSA) is 18.5 Å². The SMILES string of the molecule is Cc1cc2cc(OCc3ccccc3)ccc2cc1OCc1ccccc1. The number of rotatable bonds is 6. The Kier molecular flexibility index (Phi) is 5.06. The molecule has 0 saturated carbocycles. The van der Waals surface area contributed by atoms with Crippen molar-refractivity contribution in [2.45, 2.75) is 20.1 Å². The molecule has 4 rings (SSSR count). The van der Waals surface area contributed by atoms with E-state index in [9.17, 15) is 0 Å². The Hall–Kier alpha value is -3.26. The highest BCUT2D eigenvalue weighted by atomic mass is 16.5. The maximum atomic E-state index is 6.04. The zero-order valence-electron chi connectivity index (χ0n) is 15.4. The molecule has 2 heteroatoms. The zero-order valence-corrected chi connectivity index (χ0v) is 15.4. The van der Waals surface area contributed by atoms with Gasteiger partial charge in [-0.2, -0.15) is 0 Å². The monoisotopic (exact) mass is 354 g/mol. The van der Waals surface area contributed by atoms with Gasteiger partial charge in [0.1, 0.15) is 24.7 Å². The van der Waals surface area contributed by atoms with Crippen LogP contribution in [0.25, 0.3) is 10.8 Å². The average Bonchev–Trinajstić information content (AvgIpc) is 2.72. The summed E-state index contributed by atoms with van der Waals surface area (Å²) in [6.45, 7) is 3.23. The maximum Gasteiger partial charge on any atom is 0.123 e. The fraction of sp³-hybridized carbons (Fsp3) is 0.120. The van der Waals surface area contributed by atoms with Crippen molar-refractivity contribution in [3.8, 4) is 11.5 Å². The van der Waals surface area contributed by atoms with E-state index < -0.39 is 0 Å². The predicted octanol–water partition coefficient (Wildman–Crippen LogP) is 6.31. The molecule has 27 heavy (non-hydrogen) atoms. The Morgan fingerprint density at radius 2 is 1.22 bits per heavy atom. The van der Waals surface area contributed by atoms with Gasteiger partial charge in [-0.3, -0.25) is 0 Å². The molecule has 0 spiro atoms. The lowest BCUT2D eigenvalue weighted by molar-refractivity contribution is 0.304. The second-order valence-corrected chi connectivity index (χ2v) is 6.68. The van der Waals surface area contributed by atoms with E-state index in [0.29, 0.717) is 13.2 Å². The molecule has 0 amide bonds. The lowest BCUT2D eigenvalue weighted by Gasteiger charge is -2.12. The van der Waals surface area contributed by atoms with Crippen LogP contribution in [0.1, 0.15) is 16.7 Å². The third-order valence-corrected chi connectivity index (χ3v) is 4.59. The van der Waals surface area contributed by atoms with Gasteiger partial charge in [0.2, 0.25) is 0 Å². The Balaban J connectivity index is 1.49. The third kappa shape index (κ3) is 4.29. The van der Waals surface area contributed by atoms with Crippen LogP contribution < -0.4 is 9.47 Å². The summed E-state index contributed by atoms with van der Waals surface area (Å²) in [7, 11) is 0. The van der Waals surface area contributed by atoms with Gasteiger partial charge in [0.15, 0.2) is 0 Å². The average molecular weight is 354 g/mol. The molecular formula is C25H22O2. The van der Waals surface area contributed by atoms with E-state index in [1.54, 1.807) is 0 Å². The lowest BCUT2D eigenvalue weighted by Crippen LogP contribution is -1.97. The van der Waals surface area contributed by atoms with Gasteiger partial charge in [0, 0.05) is 0 Å². The van der Waals surface area contributed by atoms with Crippen molar-refractivity contribution in [1.29, 1.82) is 0 Å². The lowest BCUT2D eigenvalue weighted by atomic mass is 10.1. The molecule has 0 aliphatic carbocycles. The number of hydrogen-bond donors (Lipinski definition) is 0. The predicted molar refractivity (Wildman–Crippen MR) is 110 cm³/mol. The standard InChI is InChI=1S/C25H22O2/c1-19-14-23-15-24(26-17-20-8-4-2-5-9-20)13-12-22(23)16-25(19)27-18-21-10-6-3-7-11-21/h2-16H,17-18H2,1H3. The van der Waals surface area contributed by atoms with Crippen molar-refractivity contribution in [1.82, 2.24) is 0 Å². The second-order valence-electron chi connectivity index (χ2n) is 6.68. The van der Waals surface area contributed by atoms with Gasteiger partial charge in [-0.1, -0.05) is 66.7 Å². The summed E-state index contributed by atoms with van der Waals surface area (Å²) in [4.78, 5) is 0.